The number of aryl methyl sites for hydroxylation is 3. The Balaban J connectivity index is 2.45. The lowest BCUT2D eigenvalue weighted by Gasteiger charge is -2.11. The van der Waals surface area contributed by atoms with Crippen LogP contribution >= 0.6 is 11.6 Å². The minimum Gasteiger partial charge on any atom is -0.496 e. The molecule has 0 aromatic heterocycles. The van der Waals surface area contributed by atoms with Crippen LogP contribution in [-0.2, 0) is 0 Å². The number of halogens is 1. The summed E-state index contributed by atoms with van der Waals surface area (Å²) in [6.45, 7) is 5.77. The molecule has 2 rings (SSSR count). The molecule has 0 N–H and O–H groups in total. The van der Waals surface area contributed by atoms with Crippen LogP contribution in [0, 0.1) is 20.8 Å². The van der Waals surface area contributed by atoms with E-state index in [0.29, 0.717) is 16.1 Å². The number of ketones is 1. The number of carbonyl (C=O) groups is 1. The molecule has 0 aliphatic carbocycles. The summed E-state index contributed by atoms with van der Waals surface area (Å²) in [7, 11) is 1.64. The minimum absolute atomic E-state index is 0.00128. The van der Waals surface area contributed by atoms with Gasteiger partial charge in [-0.2, -0.15) is 0 Å². The van der Waals surface area contributed by atoms with Gasteiger partial charge in [0.1, 0.15) is 5.75 Å². The van der Waals surface area contributed by atoms with E-state index in [1.54, 1.807) is 19.2 Å². The monoisotopic (exact) mass is 288 g/mol. The SMILES string of the molecule is COc1c(C)cc(C(=O)c2ccc(Cl)c(C)c2)cc1C. The van der Waals surface area contributed by atoms with Crippen LogP contribution in [0.3, 0.4) is 0 Å². The summed E-state index contributed by atoms with van der Waals surface area (Å²) >= 11 is 5.99. The van der Waals surface area contributed by atoms with E-state index < -0.39 is 0 Å². The van der Waals surface area contributed by atoms with E-state index in [2.05, 4.69) is 0 Å². The van der Waals surface area contributed by atoms with Crippen LogP contribution in [0.5, 0.6) is 5.75 Å². The van der Waals surface area contributed by atoms with E-state index in [4.69, 9.17) is 16.3 Å². The topological polar surface area (TPSA) is 26.3 Å². The molecule has 0 bridgehead atoms. The lowest BCUT2D eigenvalue weighted by molar-refractivity contribution is 0.103. The van der Waals surface area contributed by atoms with Crippen LogP contribution < -0.4 is 4.74 Å². The van der Waals surface area contributed by atoms with Gasteiger partial charge in [-0.1, -0.05) is 11.6 Å². The van der Waals surface area contributed by atoms with Crippen molar-refractivity contribution in [2.75, 3.05) is 7.11 Å². The maximum absolute atomic E-state index is 12.5. The highest BCUT2D eigenvalue weighted by Gasteiger charge is 2.13. The van der Waals surface area contributed by atoms with Crippen molar-refractivity contribution in [1.29, 1.82) is 0 Å². The van der Waals surface area contributed by atoms with Crippen LogP contribution in [0.25, 0.3) is 0 Å². The number of benzene rings is 2. The Morgan fingerprint density at radius 2 is 1.50 bits per heavy atom. The normalized spacial score (nSPS) is 10.4. The molecule has 2 aromatic rings. The summed E-state index contributed by atoms with van der Waals surface area (Å²) in [5, 5.41) is 0.670. The molecular formula is C17H17ClO2. The summed E-state index contributed by atoms with van der Waals surface area (Å²) in [4.78, 5) is 12.5. The van der Waals surface area contributed by atoms with Gasteiger partial charge in [0.05, 0.1) is 7.11 Å². The molecule has 0 fully saturated rings. The summed E-state index contributed by atoms with van der Waals surface area (Å²) in [5.74, 6) is 0.826. The molecule has 0 aliphatic heterocycles. The first-order valence-electron chi connectivity index (χ1n) is 6.40. The standard InChI is InChI=1S/C17H17ClO2/c1-10-7-13(5-6-15(10)18)16(19)14-8-11(2)17(20-4)12(3)9-14/h5-9H,1-4H3. The lowest BCUT2D eigenvalue weighted by Crippen LogP contribution is -2.04. The second-order valence-corrected chi connectivity index (χ2v) is 5.34. The van der Waals surface area contributed by atoms with Gasteiger partial charge >= 0.3 is 0 Å². The molecule has 0 atom stereocenters. The van der Waals surface area contributed by atoms with E-state index in [9.17, 15) is 4.79 Å². The van der Waals surface area contributed by atoms with Gasteiger partial charge < -0.3 is 4.74 Å². The van der Waals surface area contributed by atoms with Crippen LogP contribution in [0.2, 0.25) is 5.02 Å². The fraction of sp³-hybridized carbons (Fsp3) is 0.235. The van der Waals surface area contributed by atoms with E-state index in [0.717, 1.165) is 22.4 Å². The maximum Gasteiger partial charge on any atom is 0.193 e. The Morgan fingerprint density at radius 3 is 2.00 bits per heavy atom. The number of ether oxygens (including phenoxy) is 1. The fourth-order valence-corrected chi connectivity index (χ4v) is 2.47. The largest absolute Gasteiger partial charge is 0.496 e. The van der Waals surface area contributed by atoms with Gasteiger partial charge in [0.15, 0.2) is 5.78 Å². The number of carbonyl (C=O) groups excluding carboxylic acids is 1. The number of methoxy groups -OCH3 is 1. The summed E-state index contributed by atoms with van der Waals surface area (Å²) in [6, 6.07) is 9.05. The molecule has 0 unspecified atom stereocenters. The maximum atomic E-state index is 12.5. The van der Waals surface area contributed by atoms with Crippen molar-refractivity contribution < 1.29 is 9.53 Å². The Kier molecular flexibility index (Phi) is 4.15. The van der Waals surface area contributed by atoms with E-state index in [1.165, 1.54) is 0 Å². The van der Waals surface area contributed by atoms with E-state index in [-0.39, 0.29) is 5.78 Å². The number of hydrogen-bond donors (Lipinski definition) is 0. The average Bonchev–Trinajstić information content (AvgIpc) is 2.40. The van der Waals surface area contributed by atoms with Crippen LogP contribution in [0.1, 0.15) is 32.6 Å². The van der Waals surface area contributed by atoms with Gasteiger partial charge in [0.25, 0.3) is 0 Å². The van der Waals surface area contributed by atoms with Gasteiger partial charge in [-0.25, -0.2) is 0 Å². The zero-order valence-electron chi connectivity index (χ0n) is 12.1. The third kappa shape index (κ3) is 2.70. The third-order valence-corrected chi connectivity index (χ3v) is 3.77. The average molecular weight is 289 g/mol. The minimum atomic E-state index is -0.00128. The first-order valence-corrected chi connectivity index (χ1v) is 6.78. The van der Waals surface area contributed by atoms with Crippen LogP contribution in [0.4, 0.5) is 0 Å². The molecule has 0 heterocycles. The fourth-order valence-electron chi connectivity index (χ4n) is 2.36. The molecule has 0 saturated carbocycles. The Labute approximate surface area is 124 Å². The predicted octanol–water partition coefficient (Wildman–Crippen LogP) is 4.50. The molecule has 0 spiro atoms. The highest BCUT2D eigenvalue weighted by Crippen LogP contribution is 2.26. The van der Waals surface area contributed by atoms with Gasteiger partial charge in [-0.15, -0.1) is 0 Å². The Morgan fingerprint density at radius 1 is 0.950 bits per heavy atom. The van der Waals surface area contributed by atoms with E-state index in [1.807, 2.05) is 39.0 Å². The zero-order chi connectivity index (χ0) is 14.9. The smallest absolute Gasteiger partial charge is 0.193 e. The van der Waals surface area contributed by atoms with E-state index >= 15 is 0 Å². The molecule has 0 saturated heterocycles. The predicted molar refractivity (Wildman–Crippen MR) is 82.1 cm³/mol. The lowest BCUT2D eigenvalue weighted by atomic mass is 9.97. The highest BCUT2D eigenvalue weighted by atomic mass is 35.5. The van der Waals surface area contributed by atoms with Crippen molar-refractivity contribution in [3.05, 3.63) is 63.2 Å². The molecule has 20 heavy (non-hydrogen) atoms. The summed E-state index contributed by atoms with van der Waals surface area (Å²) < 4.78 is 5.32. The molecule has 2 aromatic carbocycles. The zero-order valence-corrected chi connectivity index (χ0v) is 12.8. The third-order valence-electron chi connectivity index (χ3n) is 3.35. The molecular weight excluding hydrogens is 272 g/mol. The molecule has 104 valence electrons. The van der Waals surface area contributed by atoms with Crippen molar-refractivity contribution in [2.24, 2.45) is 0 Å². The molecule has 0 aliphatic rings. The van der Waals surface area contributed by atoms with Crippen molar-refractivity contribution in [1.82, 2.24) is 0 Å². The molecule has 0 radical (unpaired) electrons. The molecule has 2 nitrogen and oxygen atoms in total. The quantitative estimate of drug-likeness (QED) is 0.777. The van der Waals surface area contributed by atoms with Gasteiger partial charge in [0, 0.05) is 16.1 Å². The van der Waals surface area contributed by atoms with Crippen LogP contribution in [0.15, 0.2) is 30.3 Å². The molecule has 3 heteroatoms. The summed E-state index contributed by atoms with van der Waals surface area (Å²) in [5.41, 5.74) is 4.14. The van der Waals surface area contributed by atoms with Crippen molar-refractivity contribution in [2.45, 2.75) is 20.8 Å². The Hall–Kier alpha value is -1.80. The first kappa shape index (κ1) is 14.6. The van der Waals surface area contributed by atoms with Gasteiger partial charge in [-0.3, -0.25) is 4.79 Å². The number of hydrogen-bond acceptors (Lipinski definition) is 2. The number of rotatable bonds is 3. The second-order valence-electron chi connectivity index (χ2n) is 4.94. The van der Waals surface area contributed by atoms with Crippen molar-refractivity contribution in [3.63, 3.8) is 0 Å². The highest BCUT2D eigenvalue weighted by molar-refractivity contribution is 6.31. The van der Waals surface area contributed by atoms with Gasteiger partial charge in [0.2, 0.25) is 0 Å². The summed E-state index contributed by atoms with van der Waals surface area (Å²) in [6.07, 6.45) is 0. The van der Waals surface area contributed by atoms with Crippen LogP contribution in [-0.4, -0.2) is 12.9 Å². The molecule has 0 amide bonds. The van der Waals surface area contributed by atoms with Crippen molar-refractivity contribution >= 4 is 17.4 Å². The second kappa shape index (κ2) is 5.68. The Bertz CT molecular complexity index is 652. The van der Waals surface area contributed by atoms with Crippen molar-refractivity contribution in [3.8, 4) is 5.75 Å². The van der Waals surface area contributed by atoms with Gasteiger partial charge in [-0.05, 0) is 67.8 Å². The first-order chi connectivity index (χ1) is 9.43.